The third kappa shape index (κ3) is 23.3. The van der Waals surface area contributed by atoms with Gasteiger partial charge in [0.25, 0.3) is 0 Å². The maximum absolute atomic E-state index is 14.4. The van der Waals surface area contributed by atoms with Gasteiger partial charge in [-0.25, -0.2) is 4.79 Å². The van der Waals surface area contributed by atoms with E-state index in [4.69, 9.17) is 16.9 Å². The zero-order chi connectivity index (χ0) is 60.4. The first-order valence-electron chi connectivity index (χ1n) is 25.9. The summed E-state index contributed by atoms with van der Waals surface area (Å²) in [7, 11) is 1.14. The number of aromatic hydroxyl groups is 1. The summed E-state index contributed by atoms with van der Waals surface area (Å²) in [6.45, 7) is 9.09. The van der Waals surface area contributed by atoms with Crippen LogP contribution in [0.15, 0.2) is 59.6 Å². The fourth-order valence-electron chi connectivity index (χ4n) is 7.87. The molecular formula is C53H78N12O15. The van der Waals surface area contributed by atoms with Crippen molar-refractivity contribution in [3.8, 4) is 5.75 Å². The lowest BCUT2D eigenvalue weighted by Gasteiger charge is -2.32. The average Bonchev–Trinajstić information content (AvgIpc) is 3.40. The highest BCUT2D eigenvalue weighted by molar-refractivity contribution is 6.26. The van der Waals surface area contributed by atoms with Gasteiger partial charge in [0, 0.05) is 26.4 Å². The molecule has 0 aliphatic carbocycles. The van der Waals surface area contributed by atoms with E-state index in [2.05, 4.69) is 42.2 Å². The van der Waals surface area contributed by atoms with Crippen LogP contribution >= 0.6 is 0 Å². The zero-order valence-electron chi connectivity index (χ0n) is 46.0. The SMILES string of the molecule is CC(C)CC(NC(=O)C(N)Cc1ccccc1)C(=O)NC(Cc1ccc(O)cc1)C(=O)NC(CCCN=CN)C(=O)NC(CC(=O)O)C(=O)NC(CCC(=O)C=N)C(=O)NC(C(=O)N(C)C(C)C(=O)NC(C(=O)O)C(C)C)C(C)O. The number of hydrogen-bond acceptors (Lipinski definition) is 16. The topological polar surface area (TPSA) is 444 Å². The molecule has 16 N–H and O–H groups in total. The third-order valence-corrected chi connectivity index (χ3v) is 12.6. The summed E-state index contributed by atoms with van der Waals surface area (Å²) in [4.78, 5) is 152. The van der Waals surface area contributed by atoms with Crippen LogP contribution in [0.1, 0.15) is 91.2 Å². The minimum absolute atomic E-state index is 0.0261. The van der Waals surface area contributed by atoms with Crippen molar-refractivity contribution in [3.05, 3.63) is 65.7 Å². The number of aliphatic carboxylic acids is 2. The van der Waals surface area contributed by atoms with E-state index in [1.54, 1.807) is 58.0 Å². The van der Waals surface area contributed by atoms with Crippen molar-refractivity contribution in [2.45, 2.75) is 153 Å². The van der Waals surface area contributed by atoms with E-state index in [0.29, 0.717) is 11.8 Å². The number of Topliss-reactive ketones (excluding diaryl/α,β-unsaturated/α-hetero) is 1. The van der Waals surface area contributed by atoms with Crippen LogP contribution in [0.4, 0.5) is 0 Å². The molecule has 2 aromatic rings. The number of aliphatic hydroxyl groups is 1. The molecule has 0 saturated carbocycles. The molecule has 2 aromatic carbocycles. The predicted molar refractivity (Wildman–Crippen MR) is 291 cm³/mol. The molecule has 0 heterocycles. The Morgan fingerprint density at radius 2 is 1.14 bits per heavy atom. The van der Waals surface area contributed by atoms with Gasteiger partial charge in [-0.3, -0.25) is 52.9 Å². The number of aliphatic hydroxyl groups excluding tert-OH is 1. The summed E-state index contributed by atoms with van der Waals surface area (Å²) in [6, 6.07) is 0.880. The van der Waals surface area contributed by atoms with E-state index in [1.807, 2.05) is 0 Å². The number of nitrogens with zero attached hydrogens (tertiary/aromatic N) is 2. The Labute approximate surface area is 463 Å². The quantitative estimate of drug-likeness (QED) is 0.0205. The standard InChI is InChI=1S/C53H78N12O15/c1-28(2)22-39(60-46(72)36(56)23-32-12-9-8-10-13-32)49(75)61-40(24-33-15-17-34(67)18-16-33)50(76)58-37(14-11-21-57-27-55)47(73)62-41(25-42(69)70)51(77)59-38(20-19-35(68)26-54)48(74)64-44(31(6)66)52(78)65(7)30(5)45(71)63-43(29(3)4)53(79)80/h8-10,12-13,15-18,26-31,36-41,43-44,54,66-67H,11,14,19-25,56H2,1-7H3,(H2,55,57)(H,58,76)(H,59,77)(H,60,72)(H,61,75)(H,62,73)(H,63,71)(H,64,74)(H,69,70)(H,79,80). The van der Waals surface area contributed by atoms with Crippen LogP contribution in [-0.4, -0.2) is 177 Å². The van der Waals surface area contributed by atoms with Gasteiger partial charge in [-0.15, -0.1) is 0 Å². The number of carboxylic acid groups (broad SMARTS) is 2. The summed E-state index contributed by atoms with van der Waals surface area (Å²) in [5.41, 5.74) is 12.9. The lowest BCUT2D eigenvalue weighted by Crippen LogP contribution is -2.62. The molecule has 0 spiro atoms. The molecule has 10 unspecified atom stereocenters. The first-order valence-corrected chi connectivity index (χ1v) is 25.9. The summed E-state index contributed by atoms with van der Waals surface area (Å²) >= 11 is 0. The summed E-state index contributed by atoms with van der Waals surface area (Å²) in [6.07, 6.45) is -2.64. The van der Waals surface area contributed by atoms with Crippen molar-refractivity contribution in [2.75, 3.05) is 13.6 Å². The third-order valence-electron chi connectivity index (χ3n) is 12.6. The highest BCUT2D eigenvalue weighted by Gasteiger charge is 2.38. The van der Waals surface area contributed by atoms with E-state index < -0.39 is 151 Å². The van der Waals surface area contributed by atoms with Gasteiger partial charge in [0.1, 0.15) is 54.1 Å². The Hall–Kier alpha value is -8.33. The monoisotopic (exact) mass is 1120 g/mol. The van der Waals surface area contributed by atoms with Gasteiger partial charge in [-0.2, -0.15) is 0 Å². The van der Waals surface area contributed by atoms with Crippen LogP contribution in [0.5, 0.6) is 5.75 Å². The minimum Gasteiger partial charge on any atom is -0.508 e. The molecule has 27 nitrogen and oxygen atoms in total. The van der Waals surface area contributed by atoms with Crippen molar-refractivity contribution in [2.24, 2.45) is 28.3 Å². The molecule has 80 heavy (non-hydrogen) atoms. The summed E-state index contributed by atoms with van der Waals surface area (Å²) in [5.74, 6) is -12.6. The molecule has 0 aromatic heterocycles. The highest BCUT2D eigenvalue weighted by Crippen LogP contribution is 2.15. The lowest BCUT2D eigenvalue weighted by atomic mass is 9.99. The maximum atomic E-state index is 14.4. The van der Waals surface area contributed by atoms with E-state index in [-0.39, 0.29) is 50.3 Å². The van der Waals surface area contributed by atoms with Crippen molar-refractivity contribution in [1.82, 2.24) is 42.1 Å². The predicted octanol–water partition coefficient (Wildman–Crippen LogP) is -1.85. The molecule has 0 radical (unpaired) electrons. The Morgan fingerprint density at radius 1 is 0.637 bits per heavy atom. The number of amides is 8. The number of ketones is 1. The molecule has 0 aliphatic rings. The minimum atomic E-state index is -2.02. The van der Waals surface area contributed by atoms with Crippen molar-refractivity contribution in [3.63, 3.8) is 0 Å². The molecule has 27 heteroatoms. The van der Waals surface area contributed by atoms with Gasteiger partial charge in [0.15, 0.2) is 5.78 Å². The number of carboxylic acids is 2. The number of carbonyl (C=O) groups is 11. The number of carbonyl (C=O) groups excluding carboxylic acids is 9. The molecule has 0 aliphatic heterocycles. The summed E-state index contributed by atoms with van der Waals surface area (Å²) in [5, 5.41) is 64.5. The van der Waals surface area contributed by atoms with Crippen LogP contribution in [0, 0.1) is 17.2 Å². The summed E-state index contributed by atoms with van der Waals surface area (Å²) < 4.78 is 0. The molecule has 0 saturated heterocycles. The van der Waals surface area contributed by atoms with Crippen molar-refractivity contribution < 1.29 is 73.2 Å². The highest BCUT2D eigenvalue weighted by atomic mass is 16.4. The number of rotatable bonds is 35. The first-order chi connectivity index (χ1) is 37.6. The van der Waals surface area contributed by atoms with E-state index in [9.17, 15) is 73.2 Å². The molecule has 0 fully saturated rings. The van der Waals surface area contributed by atoms with Gasteiger partial charge < -0.3 is 79.4 Å². The van der Waals surface area contributed by atoms with Gasteiger partial charge in [-0.1, -0.05) is 70.2 Å². The van der Waals surface area contributed by atoms with E-state index in [0.717, 1.165) is 30.8 Å². The number of nitrogens with two attached hydrogens (primary N) is 2. The molecular weight excluding hydrogens is 1040 g/mol. The maximum Gasteiger partial charge on any atom is 0.326 e. The molecule has 8 amide bonds. The van der Waals surface area contributed by atoms with Gasteiger partial charge in [-0.05, 0) is 81.0 Å². The van der Waals surface area contributed by atoms with E-state index in [1.165, 1.54) is 31.2 Å². The van der Waals surface area contributed by atoms with Crippen LogP contribution < -0.4 is 48.7 Å². The zero-order valence-corrected chi connectivity index (χ0v) is 46.0. The lowest BCUT2D eigenvalue weighted by molar-refractivity contribution is -0.147. The molecule has 0 bridgehead atoms. The Morgan fingerprint density at radius 3 is 1.68 bits per heavy atom. The fraction of sp³-hybridized carbons (Fsp3) is 0.528. The number of nitrogens with one attached hydrogen (secondary N) is 8. The van der Waals surface area contributed by atoms with Gasteiger partial charge in [0.05, 0.1) is 31.1 Å². The largest absolute Gasteiger partial charge is 0.508 e. The number of benzene rings is 2. The van der Waals surface area contributed by atoms with E-state index >= 15 is 0 Å². The Bertz CT molecular complexity index is 2490. The van der Waals surface area contributed by atoms with Crippen LogP contribution in [0.2, 0.25) is 0 Å². The second kappa shape index (κ2) is 33.8. The molecule has 10 atom stereocenters. The molecule has 2 rings (SSSR count). The second-order valence-corrected chi connectivity index (χ2v) is 20.0. The van der Waals surface area contributed by atoms with Crippen LogP contribution in [0.25, 0.3) is 0 Å². The van der Waals surface area contributed by atoms with Gasteiger partial charge >= 0.3 is 11.9 Å². The average molecular weight is 1120 g/mol. The number of aliphatic imine (C=N–C) groups is 1. The number of hydrogen-bond donors (Lipinski definition) is 14. The van der Waals surface area contributed by atoms with Crippen molar-refractivity contribution in [1.29, 1.82) is 5.41 Å². The van der Waals surface area contributed by atoms with Gasteiger partial charge in [0.2, 0.25) is 47.3 Å². The number of phenolic OH excluding ortho intramolecular Hbond substituents is 1. The number of likely N-dealkylation sites (N-methyl/N-ethyl adjacent to an activating group) is 1. The second-order valence-electron chi connectivity index (χ2n) is 20.0. The first kappa shape index (κ1) is 67.8. The fourth-order valence-corrected chi connectivity index (χ4v) is 7.87. The van der Waals surface area contributed by atoms with Crippen molar-refractivity contribution >= 4 is 77.5 Å². The normalized spacial score (nSPS) is 15.0. The van der Waals surface area contributed by atoms with Crippen LogP contribution in [0.3, 0.4) is 0 Å². The van der Waals surface area contributed by atoms with Crippen LogP contribution in [-0.2, 0) is 65.6 Å². The Balaban J connectivity index is 2.51. The Kier molecular flexibility index (Phi) is 28.7. The smallest absolute Gasteiger partial charge is 0.326 e. The number of phenols is 1. The molecule has 440 valence electrons.